The maximum Gasteiger partial charge on any atom is 0.310 e. The van der Waals surface area contributed by atoms with Gasteiger partial charge in [0, 0.05) is 11.4 Å². The monoisotopic (exact) mass is 277 g/mol. The number of ether oxygens (including phenoxy) is 1. The van der Waals surface area contributed by atoms with Crippen molar-refractivity contribution in [2.75, 3.05) is 0 Å². The fraction of sp³-hybridized carbons (Fsp3) is 0.333. The van der Waals surface area contributed by atoms with Gasteiger partial charge in [-0.25, -0.2) is 0 Å². The molecule has 100 valence electrons. The van der Waals surface area contributed by atoms with Crippen molar-refractivity contribution in [3.63, 3.8) is 0 Å². The summed E-state index contributed by atoms with van der Waals surface area (Å²) >= 11 is 5.77. The van der Waals surface area contributed by atoms with E-state index in [9.17, 15) is 4.79 Å². The number of nitriles is 1. The van der Waals surface area contributed by atoms with Gasteiger partial charge in [-0.3, -0.25) is 4.79 Å². The zero-order valence-corrected chi connectivity index (χ0v) is 11.6. The van der Waals surface area contributed by atoms with Crippen LogP contribution in [0.15, 0.2) is 30.5 Å². The third-order valence-electron chi connectivity index (χ3n) is 2.57. The highest BCUT2D eigenvalue weighted by atomic mass is 35.5. The fourth-order valence-corrected chi connectivity index (χ4v) is 1.62. The number of carbonyl (C=O) groups excluding carboxylic acids is 1. The minimum atomic E-state index is -0.310. The number of hydrogen-bond donors (Lipinski definition) is 0. The number of carbonyl (C=O) groups is 1. The molecule has 0 aliphatic carbocycles. The molecule has 1 rings (SSSR count). The van der Waals surface area contributed by atoms with E-state index < -0.39 is 0 Å². The van der Waals surface area contributed by atoms with Crippen LogP contribution in [0.3, 0.4) is 0 Å². The summed E-state index contributed by atoms with van der Waals surface area (Å²) < 4.78 is 4.97. The molecule has 0 unspecified atom stereocenters. The van der Waals surface area contributed by atoms with Crippen molar-refractivity contribution in [2.45, 2.75) is 32.6 Å². The molecular formula is C15H16ClNO2. The molecule has 0 spiro atoms. The van der Waals surface area contributed by atoms with Crippen LogP contribution in [0.4, 0.5) is 0 Å². The number of hydrogen-bond acceptors (Lipinski definition) is 3. The zero-order chi connectivity index (χ0) is 14.1. The molecule has 0 aliphatic heterocycles. The lowest BCUT2D eigenvalue weighted by molar-refractivity contribution is -0.138. The van der Waals surface area contributed by atoms with Gasteiger partial charge in [-0.1, -0.05) is 43.5 Å². The van der Waals surface area contributed by atoms with Crippen molar-refractivity contribution in [2.24, 2.45) is 0 Å². The Balaban J connectivity index is 2.60. The van der Waals surface area contributed by atoms with Crippen molar-refractivity contribution in [1.82, 2.24) is 0 Å². The minimum absolute atomic E-state index is 0.306. The van der Waals surface area contributed by atoms with Gasteiger partial charge in [0.1, 0.15) is 12.3 Å². The second-order valence-electron chi connectivity index (χ2n) is 4.10. The Hall–Kier alpha value is -1.79. The SMILES string of the molecule is CCCCCC(=O)O/C=C(\C#N)c1ccc(Cl)cc1. The second-order valence-corrected chi connectivity index (χ2v) is 4.53. The Labute approximate surface area is 118 Å². The van der Waals surface area contributed by atoms with E-state index in [-0.39, 0.29) is 5.97 Å². The van der Waals surface area contributed by atoms with Gasteiger partial charge < -0.3 is 4.74 Å². The minimum Gasteiger partial charge on any atom is -0.433 e. The molecule has 3 nitrogen and oxygen atoms in total. The van der Waals surface area contributed by atoms with Crippen molar-refractivity contribution in [3.8, 4) is 6.07 Å². The normalized spacial score (nSPS) is 10.9. The lowest BCUT2D eigenvalue weighted by Crippen LogP contribution is -1.99. The molecule has 0 saturated heterocycles. The van der Waals surface area contributed by atoms with Gasteiger partial charge in [-0.15, -0.1) is 0 Å². The molecule has 0 aromatic heterocycles. The van der Waals surface area contributed by atoms with Crippen LogP contribution in [0, 0.1) is 11.3 Å². The molecule has 0 radical (unpaired) electrons. The molecule has 0 amide bonds. The molecule has 0 N–H and O–H groups in total. The summed E-state index contributed by atoms with van der Waals surface area (Å²) in [5.74, 6) is -0.310. The summed E-state index contributed by atoms with van der Waals surface area (Å²) in [6, 6.07) is 8.79. The smallest absolute Gasteiger partial charge is 0.310 e. The second kappa shape index (κ2) is 8.34. The number of nitrogens with zero attached hydrogens (tertiary/aromatic N) is 1. The van der Waals surface area contributed by atoms with Gasteiger partial charge in [-0.05, 0) is 24.1 Å². The Morgan fingerprint density at radius 3 is 2.63 bits per heavy atom. The van der Waals surface area contributed by atoms with Gasteiger partial charge >= 0.3 is 5.97 Å². The molecule has 0 saturated carbocycles. The topological polar surface area (TPSA) is 50.1 Å². The third-order valence-corrected chi connectivity index (χ3v) is 2.82. The van der Waals surface area contributed by atoms with Crippen LogP contribution in [0.25, 0.3) is 5.57 Å². The predicted molar refractivity (Wildman–Crippen MR) is 75.3 cm³/mol. The summed E-state index contributed by atoms with van der Waals surface area (Å²) in [6.45, 7) is 2.07. The van der Waals surface area contributed by atoms with Crippen molar-refractivity contribution in [1.29, 1.82) is 5.26 Å². The van der Waals surface area contributed by atoms with Crippen LogP contribution in [0.2, 0.25) is 5.02 Å². The Bertz CT molecular complexity index is 486. The zero-order valence-electron chi connectivity index (χ0n) is 10.9. The van der Waals surface area contributed by atoms with E-state index in [2.05, 4.69) is 6.92 Å². The maximum atomic E-state index is 11.4. The molecule has 1 aromatic carbocycles. The average Bonchev–Trinajstić information content (AvgIpc) is 2.41. The van der Waals surface area contributed by atoms with E-state index in [1.165, 1.54) is 6.26 Å². The van der Waals surface area contributed by atoms with Crippen molar-refractivity contribution in [3.05, 3.63) is 41.1 Å². The first kappa shape index (κ1) is 15.3. The molecule has 0 heterocycles. The fourth-order valence-electron chi connectivity index (χ4n) is 1.49. The van der Waals surface area contributed by atoms with Gasteiger partial charge in [0.25, 0.3) is 0 Å². The first-order chi connectivity index (χ1) is 9.17. The van der Waals surface area contributed by atoms with E-state index in [1.54, 1.807) is 24.3 Å². The summed E-state index contributed by atoms with van der Waals surface area (Å²) in [7, 11) is 0. The first-order valence-corrected chi connectivity index (χ1v) is 6.61. The molecule has 0 bridgehead atoms. The highest BCUT2D eigenvalue weighted by Gasteiger charge is 2.04. The predicted octanol–water partition coefficient (Wildman–Crippen LogP) is 4.33. The summed E-state index contributed by atoms with van der Waals surface area (Å²) in [6.07, 6.45) is 4.45. The van der Waals surface area contributed by atoms with Crippen molar-refractivity contribution >= 4 is 23.1 Å². The van der Waals surface area contributed by atoms with Gasteiger partial charge in [0.15, 0.2) is 0 Å². The number of halogens is 1. The molecule has 0 fully saturated rings. The van der Waals surface area contributed by atoms with Crippen molar-refractivity contribution < 1.29 is 9.53 Å². The van der Waals surface area contributed by atoms with E-state index in [1.807, 2.05) is 6.07 Å². The standard InChI is InChI=1S/C15H16ClNO2/c1-2-3-4-5-15(18)19-11-13(10-17)12-6-8-14(16)9-7-12/h6-9,11H,2-5H2,1H3/b13-11+. The highest BCUT2D eigenvalue weighted by Crippen LogP contribution is 2.17. The maximum absolute atomic E-state index is 11.4. The highest BCUT2D eigenvalue weighted by molar-refractivity contribution is 6.30. The van der Waals surface area contributed by atoms with Crippen LogP contribution < -0.4 is 0 Å². The van der Waals surface area contributed by atoms with E-state index in [4.69, 9.17) is 21.6 Å². The van der Waals surface area contributed by atoms with E-state index in [0.29, 0.717) is 22.6 Å². The molecule has 1 aromatic rings. The summed E-state index contributed by atoms with van der Waals surface area (Å²) in [5, 5.41) is 9.63. The molecule has 0 atom stereocenters. The lowest BCUT2D eigenvalue weighted by atomic mass is 10.1. The van der Waals surface area contributed by atoms with Crippen LogP contribution >= 0.6 is 11.6 Å². The van der Waals surface area contributed by atoms with Crippen LogP contribution in [-0.4, -0.2) is 5.97 Å². The number of allylic oxidation sites excluding steroid dienone is 1. The lowest BCUT2D eigenvalue weighted by Gasteiger charge is -2.01. The van der Waals surface area contributed by atoms with E-state index in [0.717, 1.165) is 19.3 Å². The molecule has 19 heavy (non-hydrogen) atoms. The number of rotatable bonds is 6. The molecular weight excluding hydrogens is 262 g/mol. The molecule has 4 heteroatoms. The molecule has 0 aliphatic rings. The number of unbranched alkanes of at least 4 members (excludes halogenated alkanes) is 2. The quantitative estimate of drug-likeness (QED) is 0.337. The Kier molecular flexibility index (Phi) is 6.70. The van der Waals surface area contributed by atoms with Crippen LogP contribution in [-0.2, 0) is 9.53 Å². The Morgan fingerprint density at radius 1 is 1.37 bits per heavy atom. The Morgan fingerprint density at radius 2 is 2.05 bits per heavy atom. The summed E-state index contributed by atoms with van der Waals surface area (Å²) in [5.41, 5.74) is 0.980. The van der Waals surface area contributed by atoms with Gasteiger partial charge in [0.2, 0.25) is 0 Å². The average molecular weight is 278 g/mol. The van der Waals surface area contributed by atoms with Crippen LogP contribution in [0.1, 0.15) is 38.2 Å². The van der Waals surface area contributed by atoms with E-state index >= 15 is 0 Å². The van der Waals surface area contributed by atoms with Gasteiger partial charge in [-0.2, -0.15) is 5.26 Å². The summed E-state index contributed by atoms with van der Waals surface area (Å²) in [4.78, 5) is 11.4. The number of esters is 1. The first-order valence-electron chi connectivity index (χ1n) is 6.23. The largest absolute Gasteiger partial charge is 0.433 e. The third kappa shape index (κ3) is 5.58. The van der Waals surface area contributed by atoms with Gasteiger partial charge in [0.05, 0.1) is 5.57 Å². The number of benzene rings is 1. The van der Waals surface area contributed by atoms with Crippen LogP contribution in [0.5, 0.6) is 0 Å².